The summed E-state index contributed by atoms with van der Waals surface area (Å²) in [5, 5.41) is 8.34. The maximum atomic E-state index is 5.43. The summed E-state index contributed by atoms with van der Waals surface area (Å²) in [5.74, 6) is 1.87. The van der Waals surface area contributed by atoms with Crippen LogP contribution in [0.15, 0.2) is 78.1 Å². The van der Waals surface area contributed by atoms with Crippen molar-refractivity contribution in [3.8, 4) is 28.5 Å². The maximum absolute atomic E-state index is 5.43. The summed E-state index contributed by atoms with van der Waals surface area (Å²) < 4.78 is 9.26. The molecule has 0 saturated heterocycles. The molecule has 5 aromatic rings. The first kappa shape index (κ1) is 17.1. The molecule has 0 amide bonds. The second-order valence-corrected chi connectivity index (χ2v) is 6.58. The Morgan fingerprint density at radius 2 is 2.00 bits per heavy atom. The lowest BCUT2D eigenvalue weighted by atomic mass is 10.1. The van der Waals surface area contributed by atoms with Crippen LogP contribution in [0.1, 0.15) is 11.5 Å². The Bertz CT molecular complexity index is 1240. The van der Waals surface area contributed by atoms with Gasteiger partial charge in [0, 0.05) is 48.3 Å². The summed E-state index contributed by atoms with van der Waals surface area (Å²) in [6, 6.07) is 11.8. The fraction of sp³-hybridized carbons (Fsp3) is 0.0952. The van der Waals surface area contributed by atoms with E-state index in [4.69, 9.17) is 4.52 Å². The number of pyridine rings is 1. The fourth-order valence-corrected chi connectivity index (χ4v) is 3.22. The van der Waals surface area contributed by atoms with Gasteiger partial charge in [-0.3, -0.25) is 4.98 Å². The quantitative estimate of drug-likeness (QED) is 0.461. The molecule has 0 aliphatic carbocycles. The van der Waals surface area contributed by atoms with Crippen LogP contribution in [0, 0.1) is 6.92 Å². The molecule has 0 N–H and O–H groups in total. The normalized spacial score (nSPS) is 11.1. The number of hydrogen-bond acceptors (Lipinski definition) is 6. The molecule has 0 fully saturated rings. The monoisotopic (exact) mass is 383 g/mol. The third kappa shape index (κ3) is 3.31. The van der Waals surface area contributed by atoms with Crippen LogP contribution in [0.4, 0.5) is 0 Å². The van der Waals surface area contributed by atoms with Crippen LogP contribution < -0.4 is 0 Å². The van der Waals surface area contributed by atoms with Crippen molar-refractivity contribution in [3.63, 3.8) is 0 Å². The standard InChI is InChI=1S/C21H17N7O/c1-15-12-17(28-10-3-8-24-28)5-6-18(15)21-23-9-11-27(21)14-19-25-20(26-29-19)16-4-2-7-22-13-16/h2-13H,14H2,1H3. The second kappa shape index (κ2) is 7.16. The Kier molecular flexibility index (Phi) is 4.21. The molecule has 0 aliphatic rings. The van der Waals surface area contributed by atoms with E-state index in [-0.39, 0.29) is 0 Å². The average Bonchev–Trinajstić information content (AvgIpc) is 3.51. The van der Waals surface area contributed by atoms with Gasteiger partial charge in [0.15, 0.2) is 0 Å². The Labute approximate surface area is 166 Å². The predicted molar refractivity (Wildman–Crippen MR) is 106 cm³/mol. The molecule has 0 atom stereocenters. The molecule has 142 valence electrons. The Balaban J connectivity index is 1.43. The van der Waals surface area contributed by atoms with E-state index in [1.54, 1.807) is 24.8 Å². The van der Waals surface area contributed by atoms with Crippen LogP contribution in [0.2, 0.25) is 0 Å². The molecule has 1 aromatic carbocycles. The summed E-state index contributed by atoms with van der Waals surface area (Å²) in [7, 11) is 0. The SMILES string of the molecule is Cc1cc(-n2cccn2)ccc1-c1nccn1Cc1nc(-c2cccnc2)no1. The van der Waals surface area contributed by atoms with Crippen molar-refractivity contribution in [3.05, 3.63) is 85.0 Å². The number of hydrogen-bond donors (Lipinski definition) is 0. The molecular formula is C21H17N7O. The van der Waals surface area contributed by atoms with Crippen LogP contribution in [0.5, 0.6) is 0 Å². The molecule has 0 unspecified atom stereocenters. The van der Waals surface area contributed by atoms with E-state index < -0.39 is 0 Å². The van der Waals surface area contributed by atoms with Crippen molar-refractivity contribution in [2.75, 3.05) is 0 Å². The molecule has 8 heteroatoms. The van der Waals surface area contributed by atoms with E-state index in [1.807, 2.05) is 45.9 Å². The van der Waals surface area contributed by atoms with Gasteiger partial charge in [-0.05, 0) is 48.9 Å². The first-order valence-corrected chi connectivity index (χ1v) is 9.13. The molecule has 8 nitrogen and oxygen atoms in total. The number of benzene rings is 1. The third-order valence-corrected chi connectivity index (χ3v) is 4.63. The Hall–Kier alpha value is -4.07. The summed E-state index contributed by atoms with van der Waals surface area (Å²) in [6.45, 7) is 2.50. The first-order valence-electron chi connectivity index (χ1n) is 9.13. The van der Waals surface area contributed by atoms with Gasteiger partial charge in [0.05, 0.1) is 5.69 Å². The minimum atomic E-state index is 0.433. The van der Waals surface area contributed by atoms with E-state index in [9.17, 15) is 0 Å². The van der Waals surface area contributed by atoms with Gasteiger partial charge in [0.25, 0.3) is 0 Å². The van der Waals surface area contributed by atoms with Gasteiger partial charge in [0.2, 0.25) is 11.7 Å². The van der Waals surface area contributed by atoms with Gasteiger partial charge < -0.3 is 9.09 Å². The highest BCUT2D eigenvalue weighted by atomic mass is 16.5. The van der Waals surface area contributed by atoms with Crippen LogP contribution in [-0.2, 0) is 6.54 Å². The van der Waals surface area contributed by atoms with E-state index in [0.717, 1.165) is 28.2 Å². The summed E-state index contributed by atoms with van der Waals surface area (Å²) in [4.78, 5) is 13.1. The van der Waals surface area contributed by atoms with Gasteiger partial charge in [0.1, 0.15) is 12.4 Å². The number of rotatable bonds is 5. The molecule has 4 heterocycles. The van der Waals surface area contributed by atoms with Crippen molar-refractivity contribution in [2.24, 2.45) is 0 Å². The Morgan fingerprint density at radius 3 is 2.79 bits per heavy atom. The summed E-state index contributed by atoms with van der Waals surface area (Å²) in [6.07, 6.45) is 10.8. The smallest absolute Gasteiger partial charge is 0.246 e. The van der Waals surface area contributed by atoms with Crippen molar-refractivity contribution in [1.82, 2.24) is 34.5 Å². The molecule has 0 aliphatic heterocycles. The van der Waals surface area contributed by atoms with E-state index >= 15 is 0 Å². The third-order valence-electron chi connectivity index (χ3n) is 4.63. The zero-order chi connectivity index (χ0) is 19.6. The molecular weight excluding hydrogens is 366 g/mol. The highest BCUT2D eigenvalue weighted by Crippen LogP contribution is 2.25. The van der Waals surface area contributed by atoms with Gasteiger partial charge in [-0.1, -0.05) is 5.16 Å². The number of nitrogens with zero attached hydrogens (tertiary/aromatic N) is 7. The van der Waals surface area contributed by atoms with Gasteiger partial charge in [-0.15, -0.1) is 0 Å². The van der Waals surface area contributed by atoms with Gasteiger partial charge in [-0.2, -0.15) is 10.1 Å². The summed E-state index contributed by atoms with van der Waals surface area (Å²) >= 11 is 0. The lowest BCUT2D eigenvalue weighted by Gasteiger charge is -2.10. The molecule has 4 aromatic heterocycles. The zero-order valence-electron chi connectivity index (χ0n) is 15.7. The van der Waals surface area contributed by atoms with E-state index in [2.05, 4.69) is 44.3 Å². The highest BCUT2D eigenvalue weighted by molar-refractivity contribution is 5.63. The van der Waals surface area contributed by atoms with Crippen LogP contribution in [-0.4, -0.2) is 34.5 Å². The van der Waals surface area contributed by atoms with Crippen molar-refractivity contribution < 1.29 is 4.52 Å². The number of imidazole rings is 1. The van der Waals surface area contributed by atoms with E-state index in [0.29, 0.717) is 18.3 Å². The lowest BCUT2D eigenvalue weighted by Crippen LogP contribution is -2.03. The molecule has 0 saturated carbocycles. The minimum Gasteiger partial charge on any atom is -0.337 e. The topological polar surface area (TPSA) is 87.5 Å². The minimum absolute atomic E-state index is 0.433. The number of aryl methyl sites for hydroxylation is 1. The number of aromatic nitrogens is 7. The molecule has 0 radical (unpaired) electrons. The molecule has 5 rings (SSSR count). The average molecular weight is 383 g/mol. The van der Waals surface area contributed by atoms with E-state index in [1.165, 1.54) is 0 Å². The van der Waals surface area contributed by atoms with Crippen LogP contribution >= 0.6 is 0 Å². The van der Waals surface area contributed by atoms with Gasteiger partial charge in [-0.25, -0.2) is 9.67 Å². The maximum Gasteiger partial charge on any atom is 0.246 e. The van der Waals surface area contributed by atoms with Crippen molar-refractivity contribution in [2.45, 2.75) is 13.5 Å². The van der Waals surface area contributed by atoms with Crippen LogP contribution in [0.25, 0.3) is 28.5 Å². The molecule has 0 spiro atoms. The second-order valence-electron chi connectivity index (χ2n) is 6.58. The fourth-order valence-electron chi connectivity index (χ4n) is 3.22. The zero-order valence-corrected chi connectivity index (χ0v) is 15.7. The Morgan fingerprint density at radius 1 is 1.03 bits per heavy atom. The molecule has 0 bridgehead atoms. The predicted octanol–water partition coefficient (Wildman–Crippen LogP) is 3.54. The highest BCUT2D eigenvalue weighted by Gasteiger charge is 2.14. The van der Waals surface area contributed by atoms with Crippen molar-refractivity contribution >= 4 is 0 Å². The van der Waals surface area contributed by atoms with Gasteiger partial charge >= 0.3 is 0 Å². The largest absolute Gasteiger partial charge is 0.337 e. The lowest BCUT2D eigenvalue weighted by molar-refractivity contribution is 0.372. The van der Waals surface area contributed by atoms with Crippen LogP contribution in [0.3, 0.4) is 0 Å². The summed E-state index contributed by atoms with van der Waals surface area (Å²) in [5.41, 5.74) is 3.97. The molecule has 29 heavy (non-hydrogen) atoms. The first-order chi connectivity index (χ1) is 14.3. The van der Waals surface area contributed by atoms with Crippen molar-refractivity contribution in [1.29, 1.82) is 0 Å².